The number of carbonyl (C=O) groups excluding carboxylic acids is 1. The molecule has 1 N–H and O–H groups in total. The van der Waals surface area contributed by atoms with E-state index in [2.05, 4.69) is 21.5 Å². The van der Waals surface area contributed by atoms with Crippen LogP contribution >= 0.6 is 0 Å². The molecule has 0 spiro atoms. The Kier molecular flexibility index (Phi) is 5.85. The van der Waals surface area contributed by atoms with Gasteiger partial charge >= 0.3 is 0 Å². The summed E-state index contributed by atoms with van der Waals surface area (Å²) < 4.78 is 8.03. The summed E-state index contributed by atoms with van der Waals surface area (Å²) in [5.41, 5.74) is 0.980. The van der Waals surface area contributed by atoms with E-state index in [1.165, 1.54) is 0 Å². The van der Waals surface area contributed by atoms with E-state index in [0.29, 0.717) is 6.42 Å². The molecule has 0 bridgehead atoms. The lowest BCUT2D eigenvalue weighted by molar-refractivity contribution is -0.122. The normalized spacial score (nSPS) is 19.4. The van der Waals surface area contributed by atoms with Crippen LogP contribution in [-0.4, -0.2) is 32.8 Å². The van der Waals surface area contributed by atoms with E-state index in [0.717, 1.165) is 55.3 Å². The molecule has 0 aliphatic heterocycles. The van der Waals surface area contributed by atoms with Gasteiger partial charge in [0.1, 0.15) is 5.75 Å². The van der Waals surface area contributed by atoms with Crippen molar-refractivity contribution in [2.24, 2.45) is 0 Å². The number of benzene rings is 1. The molecule has 1 aliphatic carbocycles. The summed E-state index contributed by atoms with van der Waals surface area (Å²) in [6.45, 7) is 0.780. The highest BCUT2D eigenvalue weighted by atomic mass is 16.5. The zero-order valence-electron chi connectivity index (χ0n) is 16.0. The van der Waals surface area contributed by atoms with Crippen LogP contribution in [0.5, 0.6) is 5.75 Å². The van der Waals surface area contributed by atoms with E-state index in [1.807, 2.05) is 41.2 Å². The van der Waals surface area contributed by atoms with Crippen LogP contribution < -0.4 is 10.1 Å². The van der Waals surface area contributed by atoms with Gasteiger partial charge in [-0.2, -0.15) is 5.10 Å². The highest BCUT2D eigenvalue weighted by Gasteiger charge is 2.23. The molecular formula is C22H26N4O2. The van der Waals surface area contributed by atoms with Crippen LogP contribution in [0.3, 0.4) is 0 Å². The van der Waals surface area contributed by atoms with E-state index in [4.69, 9.17) is 4.74 Å². The van der Waals surface area contributed by atoms with Gasteiger partial charge in [0.05, 0.1) is 11.6 Å². The Hall–Kier alpha value is -2.89. The summed E-state index contributed by atoms with van der Waals surface area (Å²) >= 11 is 0. The van der Waals surface area contributed by atoms with Crippen molar-refractivity contribution in [1.82, 2.24) is 20.1 Å². The minimum absolute atomic E-state index is 0.138. The molecule has 0 radical (unpaired) electrons. The van der Waals surface area contributed by atoms with Crippen LogP contribution in [-0.2, 0) is 11.3 Å². The van der Waals surface area contributed by atoms with Crippen LogP contribution in [0.15, 0.2) is 55.0 Å². The number of rotatable bonds is 7. The van der Waals surface area contributed by atoms with Crippen LogP contribution in [0.1, 0.15) is 38.5 Å². The molecule has 1 aromatic carbocycles. The fraction of sp³-hybridized carbons (Fsp3) is 0.409. The standard InChI is InChI=1S/C22H26N4O2/c27-22(5-2-14-26-15-3-13-24-26)25-18-6-8-19(9-7-18)28-20-10-11-21-17(16-20)4-1-12-23-21/h1,3-4,10-13,15-16,18-19H,2,5-9,14H2,(H,25,27). The highest BCUT2D eigenvalue weighted by molar-refractivity contribution is 5.79. The molecule has 3 aromatic rings. The van der Waals surface area contributed by atoms with Crippen molar-refractivity contribution >= 4 is 16.8 Å². The molecule has 2 heterocycles. The summed E-state index contributed by atoms with van der Waals surface area (Å²) in [5.74, 6) is 1.03. The maximum Gasteiger partial charge on any atom is 0.220 e. The van der Waals surface area contributed by atoms with Gasteiger partial charge in [0, 0.05) is 43.0 Å². The van der Waals surface area contributed by atoms with Crippen LogP contribution in [0.2, 0.25) is 0 Å². The quantitative estimate of drug-likeness (QED) is 0.680. The first kappa shape index (κ1) is 18.5. The van der Waals surface area contributed by atoms with Gasteiger partial charge in [-0.25, -0.2) is 0 Å². The molecule has 1 amide bonds. The third kappa shape index (κ3) is 4.88. The van der Waals surface area contributed by atoms with Gasteiger partial charge < -0.3 is 10.1 Å². The van der Waals surface area contributed by atoms with Crippen LogP contribution in [0, 0.1) is 0 Å². The first-order valence-electron chi connectivity index (χ1n) is 10.0. The number of aromatic nitrogens is 3. The Bertz CT molecular complexity index is 902. The monoisotopic (exact) mass is 378 g/mol. The molecule has 4 rings (SSSR count). The number of fused-ring (bicyclic) bond motifs is 1. The number of aryl methyl sites for hydroxylation is 1. The van der Waals surface area contributed by atoms with Crippen molar-refractivity contribution in [1.29, 1.82) is 0 Å². The van der Waals surface area contributed by atoms with Gasteiger partial charge in [-0.3, -0.25) is 14.5 Å². The number of amides is 1. The van der Waals surface area contributed by atoms with Crippen LogP contribution in [0.4, 0.5) is 0 Å². The van der Waals surface area contributed by atoms with Gasteiger partial charge in [-0.1, -0.05) is 6.07 Å². The third-order valence-electron chi connectivity index (χ3n) is 5.27. The second-order valence-electron chi connectivity index (χ2n) is 7.39. The molecule has 0 saturated heterocycles. The average Bonchev–Trinajstić information content (AvgIpc) is 3.23. The molecule has 1 saturated carbocycles. The Labute approximate surface area is 164 Å². The van der Waals surface area contributed by atoms with Crippen molar-refractivity contribution in [2.75, 3.05) is 0 Å². The lowest BCUT2D eigenvalue weighted by Gasteiger charge is -2.29. The largest absolute Gasteiger partial charge is 0.490 e. The van der Waals surface area contributed by atoms with E-state index in [9.17, 15) is 4.79 Å². The molecule has 6 nitrogen and oxygen atoms in total. The number of hydrogen-bond acceptors (Lipinski definition) is 4. The van der Waals surface area contributed by atoms with E-state index in [-0.39, 0.29) is 18.1 Å². The summed E-state index contributed by atoms with van der Waals surface area (Å²) in [5, 5.41) is 8.42. The average molecular weight is 378 g/mol. The van der Waals surface area contributed by atoms with Crippen molar-refractivity contribution in [3.05, 3.63) is 55.0 Å². The molecule has 2 aromatic heterocycles. The second-order valence-corrected chi connectivity index (χ2v) is 7.39. The molecule has 146 valence electrons. The number of nitrogens with one attached hydrogen (secondary N) is 1. The zero-order chi connectivity index (χ0) is 19.2. The Morgan fingerprint density at radius 3 is 2.86 bits per heavy atom. The minimum Gasteiger partial charge on any atom is -0.490 e. The first-order valence-corrected chi connectivity index (χ1v) is 10.0. The van der Waals surface area contributed by atoms with Gasteiger partial charge in [0.25, 0.3) is 0 Å². The Balaban J connectivity index is 1.19. The third-order valence-corrected chi connectivity index (χ3v) is 5.27. The molecule has 1 fully saturated rings. The zero-order valence-corrected chi connectivity index (χ0v) is 16.0. The SMILES string of the molecule is O=C(CCCn1cccn1)NC1CCC(Oc2ccc3ncccc3c2)CC1. The topological polar surface area (TPSA) is 69.0 Å². The van der Waals surface area contributed by atoms with Gasteiger partial charge in [-0.05, 0) is 62.4 Å². The van der Waals surface area contributed by atoms with Crippen molar-refractivity contribution in [3.63, 3.8) is 0 Å². The summed E-state index contributed by atoms with van der Waals surface area (Å²) in [4.78, 5) is 16.5. The van der Waals surface area contributed by atoms with Crippen molar-refractivity contribution < 1.29 is 9.53 Å². The number of hydrogen-bond donors (Lipinski definition) is 1. The van der Waals surface area contributed by atoms with E-state index in [1.54, 1.807) is 12.4 Å². The number of pyridine rings is 1. The fourth-order valence-corrected chi connectivity index (χ4v) is 3.78. The lowest BCUT2D eigenvalue weighted by atomic mass is 9.92. The highest BCUT2D eigenvalue weighted by Crippen LogP contribution is 2.26. The van der Waals surface area contributed by atoms with Gasteiger partial charge in [0.2, 0.25) is 5.91 Å². The second kappa shape index (κ2) is 8.87. The number of nitrogens with zero attached hydrogens (tertiary/aromatic N) is 3. The van der Waals surface area contributed by atoms with E-state index >= 15 is 0 Å². The molecule has 28 heavy (non-hydrogen) atoms. The smallest absolute Gasteiger partial charge is 0.220 e. The summed E-state index contributed by atoms with van der Waals surface area (Å²) in [6.07, 6.45) is 10.9. The predicted octanol–water partition coefficient (Wildman–Crippen LogP) is 3.72. The number of carbonyl (C=O) groups is 1. The first-order chi connectivity index (χ1) is 13.8. The van der Waals surface area contributed by atoms with E-state index < -0.39 is 0 Å². The predicted molar refractivity (Wildman–Crippen MR) is 108 cm³/mol. The minimum atomic E-state index is 0.138. The maximum absolute atomic E-state index is 12.2. The molecule has 6 heteroatoms. The Morgan fingerprint density at radius 1 is 1.14 bits per heavy atom. The molecule has 0 atom stereocenters. The molecular weight excluding hydrogens is 352 g/mol. The maximum atomic E-state index is 12.2. The molecule has 0 unspecified atom stereocenters. The van der Waals surface area contributed by atoms with Crippen LogP contribution in [0.25, 0.3) is 10.9 Å². The summed E-state index contributed by atoms with van der Waals surface area (Å²) in [6, 6.07) is 12.2. The Morgan fingerprint density at radius 2 is 2.04 bits per heavy atom. The van der Waals surface area contributed by atoms with Gasteiger partial charge in [-0.15, -0.1) is 0 Å². The van der Waals surface area contributed by atoms with Gasteiger partial charge in [0.15, 0.2) is 0 Å². The number of ether oxygens (including phenoxy) is 1. The summed E-state index contributed by atoms with van der Waals surface area (Å²) in [7, 11) is 0. The lowest BCUT2D eigenvalue weighted by Crippen LogP contribution is -2.39. The van der Waals surface area contributed by atoms with Crippen molar-refractivity contribution in [2.45, 2.75) is 57.2 Å². The fourth-order valence-electron chi connectivity index (χ4n) is 3.78. The molecule has 1 aliphatic rings. The van der Waals surface area contributed by atoms with Crippen molar-refractivity contribution in [3.8, 4) is 5.75 Å².